The molecule has 90 valence electrons. The molecule has 0 spiro atoms. The Labute approximate surface area is 98.7 Å². The summed E-state index contributed by atoms with van der Waals surface area (Å²) >= 11 is 5.74. The van der Waals surface area contributed by atoms with Crippen molar-refractivity contribution in [1.82, 2.24) is 5.32 Å². The average molecular weight is 234 g/mol. The number of hydrogen-bond donors (Lipinski definition) is 1. The van der Waals surface area contributed by atoms with Gasteiger partial charge in [-0.05, 0) is 44.7 Å². The van der Waals surface area contributed by atoms with Gasteiger partial charge in [0, 0.05) is 12.5 Å². The van der Waals surface area contributed by atoms with Crippen molar-refractivity contribution >= 4 is 11.6 Å². The van der Waals surface area contributed by atoms with Gasteiger partial charge in [-0.3, -0.25) is 0 Å². The minimum absolute atomic E-state index is 0.519. The summed E-state index contributed by atoms with van der Waals surface area (Å²) in [4.78, 5) is 0. The third-order valence-corrected chi connectivity index (χ3v) is 3.41. The fraction of sp³-hybridized carbons (Fsp3) is 1.00. The quantitative estimate of drug-likeness (QED) is 0.514. The van der Waals surface area contributed by atoms with Crippen molar-refractivity contribution in [3.05, 3.63) is 0 Å². The molecule has 1 aliphatic rings. The van der Waals surface area contributed by atoms with Crippen LogP contribution < -0.4 is 5.32 Å². The van der Waals surface area contributed by atoms with Crippen molar-refractivity contribution in [2.45, 2.75) is 45.1 Å². The minimum atomic E-state index is 0.519. The van der Waals surface area contributed by atoms with Crippen LogP contribution in [0.15, 0.2) is 0 Å². The van der Waals surface area contributed by atoms with E-state index in [-0.39, 0.29) is 0 Å². The zero-order valence-corrected chi connectivity index (χ0v) is 10.6. The highest BCUT2D eigenvalue weighted by Gasteiger charge is 2.14. The van der Waals surface area contributed by atoms with Crippen LogP contribution in [0.4, 0.5) is 0 Å². The highest BCUT2D eigenvalue weighted by Crippen LogP contribution is 2.14. The van der Waals surface area contributed by atoms with Crippen molar-refractivity contribution in [2.75, 3.05) is 25.6 Å². The molecule has 0 radical (unpaired) electrons. The molecule has 2 unspecified atom stereocenters. The van der Waals surface area contributed by atoms with Gasteiger partial charge in [-0.1, -0.05) is 13.3 Å². The lowest BCUT2D eigenvalue weighted by atomic mass is 10.0. The molecule has 0 aromatic carbocycles. The number of halogens is 1. The van der Waals surface area contributed by atoms with Gasteiger partial charge in [0.05, 0.1) is 6.10 Å². The minimum Gasteiger partial charge on any atom is -0.378 e. The predicted octanol–water partition coefficient (Wildman–Crippen LogP) is 2.80. The smallest absolute Gasteiger partial charge is 0.0588 e. The lowest BCUT2D eigenvalue weighted by Gasteiger charge is -2.15. The highest BCUT2D eigenvalue weighted by atomic mass is 35.5. The fourth-order valence-electron chi connectivity index (χ4n) is 2.05. The van der Waals surface area contributed by atoms with E-state index < -0.39 is 0 Å². The van der Waals surface area contributed by atoms with Crippen molar-refractivity contribution in [1.29, 1.82) is 0 Å². The SMILES string of the molecule is CCC(CCCl)CNCCC1CCCO1. The number of rotatable bonds is 8. The molecule has 1 fully saturated rings. The molecule has 1 aliphatic heterocycles. The molecule has 1 saturated heterocycles. The molecule has 3 heteroatoms. The lowest BCUT2D eigenvalue weighted by Crippen LogP contribution is -2.26. The molecule has 2 nitrogen and oxygen atoms in total. The maximum absolute atomic E-state index is 5.74. The molecule has 1 heterocycles. The zero-order valence-electron chi connectivity index (χ0n) is 9.80. The van der Waals surface area contributed by atoms with E-state index >= 15 is 0 Å². The first kappa shape index (κ1) is 13.3. The van der Waals surface area contributed by atoms with Gasteiger partial charge in [0.2, 0.25) is 0 Å². The van der Waals surface area contributed by atoms with E-state index in [0.29, 0.717) is 6.10 Å². The van der Waals surface area contributed by atoms with Crippen LogP contribution in [0, 0.1) is 5.92 Å². The third-order valence-electron chi connectivity index (χ3n) is 3.19. The Kier molecular flexibility index (Phi) is 7.41. The van der Waals surface area contributed by atoms with E-state index in [1.54, 1.807) is 0 Å². The van der Waals surface area contributed by atoms with Crippen LogP contribution in [0.5, 0.6) is 0 Å². The summed E-state index contributed by atoms with van der Waals surface area (Å²) in [7, 11) is 0. The van der Waals surface area contributed by atoms with E-state index in [9.17, 15) is 0 Å². The molecule has 1 rings (SSSR count). The summed E-state index contributed by atoms with van der Waals surface area (Å²) in [6, 6.07) is 0. The Morgan fingerprint density at radius 3 is 3.00 bits per heavy atom. The summed E-state index contributed by atoms with van der Waals surface area (Å²) < 4.78 is 5.57. The predicted molar refractivity (Wildman–Crippen MR) is 65.6 cm³/mol. The lowest BCUT2D eigenvalue weighted by molar-refractivity contribution is 0.104. The van der Waals surface area contributed by atoms with E-state index in [1.165, 1.54) is 19.3 Å². The van der Waals surface area contributed by atoms with Crippen LogP contribution in [0.3, 0.4) is 0 Å². The Morgan fingerprint density at radius 2 is 2.40 bits per heavy atom. The topological polar surface area (TPSA) is 21.3 Å². The Hall–Kier alpha value is 0.210. The number of ether oxygens (including phenoxy) is 1. The summed E-state index contributed by atoms with van der Waals surface area (Å²) in [5.74, 6) is 1.53. The average Bonchev–Trinajstić information content (AvgIpc) is 2.75. The molecule has 0 bridgehead atoms. The van der Waals surface area contributed by atoms with Gasteiger partial charge >= 0.3 is 0 Å². The Bertz CT molecular complexity index is 149. The molecule has 0 aromatic rings. The molecule has 0 aromatic heterocycles. The van der Waals surface area contributed by atoms with Crippen LogP contribution in [-0.2, 0) is 4.74 Å². The second-order valence-corrected chi connectivity index (χ2v) is 4.76. The van der Waals surface area contributed by atoms with Crippen molar-refractivity contribution in [3.63, 3.8) is 0 Å². The first-order valence-corrected chi connectivity index (χ1v) is 6.78. The van der Waals surface area contributed by atoms with Crippen LogP contribution in [0.1, 0.15) is 39.0 Å². The second-order valence-electron chi connectivity index (χ2n) is 4.38. The largest absolute Gasteiger partial charge is 0.378 e. The first-order valence-electron chi connectivity index (χ1n) is 6.25. The van der Waals surface area contributed by atoms with Gasteiger partial charge in [0.25, 0.3) is 0 Å². The van der Waals surface area contributed by atoms with Crippen molar-refractivity contribution in [3.8, 4) is 0 Å². The Balaban J connectivity index is 1.94. The maximum atomic E-state index is 5.74. The number of hydrogen-bond acceptors (Lipinski definition) is 2. The molecule has 2 atom stereocenters. The summed E-state index contributed by atoms with van der Waals surface area (Å²) in [6.07, 6.45) is 6.53. The standard InChI is InChI=1S/C12H24ClNO/c1-2-11(5-7-13)10-14-8-6-12-4-3-9-15-12/h11-12,14H,2-10H2,1H3. The highest BCUT2D eigenvalue weighted by molar-refractivity contribution is 6.17. The van der Waals surface area contributed by atoms with Crippen molar-refractivity contribution in [2.24, 2.45) is 5.92 Å². The Morgan fingerprint density at radius 1 is 1.53 bits per heavy atom. The van der Waals surface area contributed by atoms with Gasteiger partial charge in [-0.2, -0.15) is 0 Å². The van der Waals surface area contributed by atoms with Gasteiger partial charge in [0.15, 0.2) is 0 Å². The van der Waals surface area contributed by atoms with Gasteiger partial charge < -0.3 is 10.1 Å². The normalized spacial score (nSPS) is 23.2. The first-order chi connectivity index (χ1) is 7.36. The van der Waals surface area contributed by atoms with Gasteiger partial charge in [-0.25, -0.2) is 0 Å². The monoisotopic (exact) mass is 233 g/mol. The maximum Gasteiger partial charge on any atom is 0.0588 e. The molecule has 0 amide bonds. The second kappa shape index (κ2) is 8.37. The van der Waals surface area contributed by atoms with E-state index in [1.807, 2.05) is 0 Å². The van der Waals surface area contributed by atoms with Crippen LogP contribution in [0.2, 0.25) is 0 Å². The molecule has 0 saturated carbocycles. The van der Waals surface area contributed by atoms with Crippen LogP contribution >= 0.6 is 11.6 Å². The molecule has 1 N–H and O–H groups in total. The number of alkyl halides is 1. The van der Waals surface area contributed by atoms with Crippen LogP contribution in [-0.4, -0.2) is 31.7 Å². The summed E-state index contributed by atoms with van der Waals surface area (Å²) in [6.45, 7) is 5.40. The number of nitrogens with one attached hydrogen (secondary N) is 1. The molecular formula is C12H24ClNO. The van der Waals surface area contributed by atoms with E-state index in [2.05, 4.69) is 12.2 Å². The van der Waals surface area contributed by atoms with E-state index in [0.717, 1.165) is 44.3 Å². The molecule has 15 heavy (non-hydrogen) atoms. The van der Waals surface area contributed by atoms with Gasteiger partial charge in [0.1, 0.15) is 0 Å². The molecular weight excluding hydrogens is 210 g/mol. The summed E-state index contributed by atoms with van der Waals surface area (Å²) in [5.41, 5.74) is 0. The fourth-order valence-corrected chi connectivity index (χ4v) is 2.35. The van der Waals surface area contributed by atoms with Crippen molar-refractivity contribution < 1.29 is 4.74 Å². The zero-order chi connectivity index (χ0) is 10.9. The van der Waals surface area contributed by atoms with E-state index in [4.69, 9.17) is 16.3 Å². The third kappa shape index (κ3) is 5.74. The van der Waals surface area contributed by atoms with Gasteiger partial charge in [-0.15, -0.1) is 11.6 Å². The summed E-state index contributed by atoms with van der Waals surface area (Å²) in [5, 5.41) is 3.51. The van der Waals surface area contributed by atoms with Crippen LogP contribution in [0.25, 0.3) is 0 Å². The molecule has 0 aliphatic carbocycles.